The van der Waals surface area contributed by atoms with E-state index < -0.39 is 0 Å². The van der Waals surface area contributed by atoms with Crippen molar-refractivity contribution < 1.29 is 4.42 Å². The summed E-state index contributed by atoms with van der Waals surface area (Å²) in [5.41, 5.74) is 9.26. The van der Waals surface area contributed by atoms with Gasteiger partial charge in [-0.15, -0.1) is 0 Å². The molecule has 4 heterocycles. The molecule has 0 N–H and O–H groups in total. The van der Waals surface area contributed by atoms with Crippen LogP contribution in [0.4, 0.5) is 0 Å². The predicted molar refractivity (Wildman–Crippen MR) is 181 cm³/mol. The summed E-state index contributed by atoms with van der Waals surface area (Å²) in [5.74, 6) is 0.563. The highest BCUT2D eigenvalue weighted by atomic mass is 32.2. The van der Waals surface area contributed by atoms with Gasteiger partial charge in [0.05, 0.1) is 33.9 Å². The monoisotopic (exact) mass is 592 g/mol. The molecular weight excluding hydrogens is 573 g/mol. The topological polar surface area (TPSA) is 67.6 Å². The lowest BCUT2D eigenvalue weighted by molar-refractivity contribution is 0.669. The van der Waals surface area contributed by atoms with E-state index in [4.69, 9.17) is 14.4 Å². The molecule has 45 heavy (non-hydrogen) atoms. The normalized spacial score (nSPS) is 12.3. The average Bonchev–Trinajstić information content (AvgIpc) is 3.61. The third-order valence-corrected chi connectivity index (χ3v) is 9.93. The molecule has 0 fully saturated rings. The summed E-state index contributed by atoms with van der Waals surface area (Å²) in [6.45, 7) is 0. The van der Waals surface area contributed by atoms with Gasteiger partial charge in [0, 0.05) is 48.4 Å². The van der Waals surface area contributed by atoms with Gasteiger partial charge in [-0.25, -0.2) is 9.97 Å². The van der Waals surface area contributed by atoms with Crippen LogP contribution in [-0.4, -0.2) is 14.5 Å². The van der Waals surface area contributed by atoms with E-state index in [2.05, 4.69) is 95.6 Å². The molecule has 0 amide bonds. The summed E-state index contributed by atoms with van der Waals surface area (Å²) in [5, 5.41) is 15.2. The van der Waals surface area contributed by atoms with Crippen LogP contribution in [-0.2, 0) is 0 Å². The SMILES string of the molecule is N#Cc1cc2c3c(nc(-n4c5ccccc5c5cc6c(cc54)oc4ccc(-c5ccccc5)cc46)nc3c1)-c1ccccc1S2. The number of para-hydroxylation sites is 1. The molecule has 208 valence electrons. The smallest absolute Gasteiger partial charge is 0.235 e. The molecule has 6 heteroatoms. The first-order chi connectivity index (χ1) is 22.2. The van der Waals surface area contributed by atoms with Crippen LogP contribution in [0.25, 0.3) is 83.0 Å². The van der Waals surface area contributed by atoms with Crippen molar-refractivity contribution in [3.8, 4) is 34.4 Å². The Morgan fingerprint density at radius 2 is 1.44 bits per heavy atom. The largest absolute Gasteiger partial charge is 0.456 e. The number of hydrogen-bond acceptors (Lipinski definition) is 5. The second kappa shape index (κ2) is 9.06. The van der Waals surface area contributed by atoms with Gasteiger partial charge < -0.3 is 4.42 Å². The summed E-state index contributed by atoms with van der Waals surface area (Å²) < 4.78 is 8.59. The molecule has 0 saturated heterocycles. The van der Waals surface area contributed by atoms with Crippen molar-refractivity contribution in [1.29, 1.82) is 5.26 Å². The number of nitrogens with zero attached hydrogens (tertiary/aromatic N) is 4. The fourth-order valence-corrected chi connectivity index (χ4v) is 7.94. The highest BCUT2D eigenvalue weighted by Crippen LogP contribution is 2.48. The van der Waals surface area contributed by atoms with Crippen molar-refractivity contribution in [3.05, 3.63) is 127 Å². The first kappa shape index (κ1) is 24.5. The molecule has 0 radical (unpaired) electrons. The minimum absolute atomic E-state index is 0.563. The first-order valence-corrected chi connectivity index (χ1v) is 15.5. The number of benzene rings is 6. The molecule has 0 unspecified atom stereocenters. The third-order valence-electron chi connectivity index (χ3n) is 8.81. The van der Waals surface area contributed by atoms with Crippen LogP contribution < -0.4 is 0 Å². The standard InChI is InChI=1S/C39H20N4OS/c40-21-22-16-30-37-36(17-22)45-35-13-7-5-11-26(35)38(37)42-39(41-30)43-31-12-6-4-10-25(31)27-19-29-28-18-24(23-8-2-1-3-9-23)14-15-33(28)44-34(29)20-32(27)43/h1-20H. The second-order valence-electron chi connectivity index (χ2n) is 11.3. The Morgan fingerprint density at radius 1 is 0.622 bits per heavy atom. The summed E-state index contributed by atoms with van der Waals surface area (Å²) >= 11 is 1.67. The molecule has 0 aliphatic carbocycles. The third kappa shape index (κ3) is 3.50. The number of fused-ring (bicyclic) bond motifs is 8. The number of furan rings is 1. The van der Waals surface area contributed by atoms with Crippen molar-refractivity contribution in [2.24, 2.45) is 0 Å². The lowest BCUT2D eigenvalue weighted by Gasteiger charge is -2.20. The van der Waals surface area contributed by atoms with Crippen molar-refractivity contribution in [2.45, 2.75) is 9.79 Å². The highest BCUT2D eigenvalue weighted by molar-refractivity contribution is 7.99. The molecule has 3 aromatic heterocycles. The van der Waals surface area contributed by atoms with Gasteiger partial charge in [0.1, 0.15) is 11.2 Å². The molecule has 0 saturated carbocycles. The van der Waals surface area contributed by atoms with E-state index in [9.17, 15) is 5.26 Å². The fraction of sp³-hybridized carbons (Fsp3) is 0. The van der Waals surface area contributed by atoms with Crippen LogP contribution in [0.1, 0.15) is 5.56 Å². The first-order valence-electron chi connectivity index (χ1n) is 14.7. The van der Waals surface area contributed by atoms with E-state index in [1.807, 2.05) is 36.4 Å². The quantitative estimate of drug-likeness (QED) is 0.200. The van der Waals surface area contributed by atoms with Crippen LogP contribution in [0.2, 0.25) is 0 Å². The lowest BCUT2D eigenvalue weighted by Crippen LogP contribution is -2.06. The van der Waals surface area contributed by atoms with Crippen molar-refractivity contribution in [2.75, 3.05) is 0 Å². The maximum absolute atomic E-state index is 9.86. The van der Waals surface area contributed by atoms with E-state index in [0.717, 1.165) is 81.3 Å². The maximum atomic E-state index is 9.86. The van der Waals surface area contributed by atoms with E-state index in [1.54, 1.807) is 11.8 Å². The summed E-state index contributed by atoms with van der Waals surface area (Å²) in [6, 6.07) is 44.0. The molecule has 9 aromatic rings. The van der Waals surface area contributed by atoms with E-state index in [0.29, 0.717) is 11.5 Å². The molecule has 1 aliphatic heterocycles. The molecule has 0 bridgehead atoms. The van der Waals surface area contributed by atoms with Crippen LogP contribution in [0.5, 0.6) is 0 Å². The van der Waals surface area contributed by atoms with Crippen molar-refractivity contribution >= 4 is 66.4 Å². The summed E-state index contributed by atoms with van der Waals surface area (Å²) in [4.78, 5) is 12.5. The summed E-state index contributed by atoms with van der Waals surface area (Å²) in [6.07, 6.45) is 0. The van der Waals surface area contributed by atoms with Gasteiger partial charge in [-0.2, -0.15) is 5.26 Å². The van der Waals surface area contributed by atoms with Gasteiger partial charge in [-0.3, -0.25) is 4.57 Å². The molecule has 10 rings (SSSR count). The zero-order valence-corrected chi connectivity index (χ0v) is 24.5. The van der Waals surface area contributed by atoms with Crippen LogP contribution in [0, 0.1) is 11.3 Å². The summed E-state index contributed by atoms with van der Waals surface area (Å²) in [7, 11) is 0. The van der Waals surface area contributed by atoms with Crippen LogP contribution >= 0.6 is 11.8 Å². The Hall–Kier alpha value is -5.90. The molecular formula is C39H20N4OS. The number of rotatable bonds is 2. The zero-order chi connectivity index (χ0) is 29.6. The number of nitriles is 1. The van der Waals surface area contributed by atoms with Crippen molar-refractivity contribution in [3.63, 3.8) is 0 Å². The zero-order valence-electron chi connectivity index (χ0n) is 23.7. The Morgan fingerprint density at radius 3 is 2.36 bits per heavy atom. The highest BCUT2D eigenvalue weighted by Gasteiger charge is 2.25. The molecule has 0 atom stereocenters. The number of aromatic nitrogens is 3. The van der Waals surface area contributed by atoms with E-state index in [-0.39, 0.29) is 0 Å². The van der Waals surface area contributed by atoms with Crippen molar-refractivity contribution in [1.82, 2.24) is 14.5 Å². The van der Waals surface area contributed by atoms with Crippen LogP contribution in [0.3, 0.4) is 0 Å². The Labute approximate surface area is 261 Å². The molecule has 6 aromatic carbocycles. The number of hydrogen-bond donors (Lipinski definition) is 0. The fourth-order valence-electron chi connectivity index (χ4n) is 6.79. The Bertz CT molecular complexity index is 2750. The Kier molecular flexibility index (Phi) is 4.94. The minimum atomic E-state index is 0.563. The van der Waals surface area contributed by atoms with Gasteiger partial charge >= 0.3 is 0 Å². The predicted octanol–water partition coefficient (Wildman–Crippen LogP) is 10.3. The minimum Gasteiger partial charge on any atom is -0.456 e. The van der Waals surface area contributed by atoms with Gasteiger partial charge in [-0.1, -0.05) is 84.6 Å². The van der Waals surface area contributed by atoms with Gasteiger partial charge in [0.15, 0.2) is 0 Å². The average molecular weight is 593 g/mol. The van der Waals surface area contributed by atoms with E-state index >= 15 is 0 Å². The van der Waals surface area contributed by atoms with Gasteiger partial charge in [0.2, 0.25) is 5.95 Å². The van der Waals surface area contributed by atoms with E-state index in [1.165, 1.54) is 5.56 Å². The maximum Gasteiger partial charge on any atom is 0.235 e. The molecule has 1 aliphatic rings. The lowest BCUT2D eigenvalue weighted by atomic mass is 10.0. The van der Waals surface area contributed by atoms with Crippen LogP contribution in [0.15, 0.2) is 136 Å². The van der Waals surface area contributed by atoms with Gasteiger partial charge in [-0.05, 0) is 53.6 Å². The van der Waals surface area contributed by atoms with Gasteiger partial charge in [0.25, 0.3) is 0 Å². The second-order valence-corrected chi connectivity index (χ2v) is 12.4. The molecule has 0 spiro atoms. The molecule has 5 nitrogen and oxygen atoms in total. The Balaban J connectivity index is 1.28.